The van der Waals surface area contributed by atoms with E-state index >= 15 is 0 Å². The molecule has 0 aromatic heterocycles. The Labute approximate surface area is 126 Å². The van der Waals surface area contributed by atoms with Crippen molar-refractivity contribution < 1.29 is 0 Å². The van der Waals surface area contributed by atoms with Crippen LogP contribution >= 0.6 is 0 Å². The Morgan fingerprint density at radius 1 is 1.10 bits per heavy atom. The molecule has 0 spiro atoms. The number of aryl methyl sites for hydroxylation is 2. The van der Waals surface area contributed by atoms with Crippen molar-refractivity contribution in [2.24, 2.45) is 11.3 Å². The molecule has 1 aromatic carbocycles. The van der Waals surface area contributed by atoms with E-state index in [2.05, 4.69) is 72.0 Å². The second-order valence-corrected chi connectivity index (χ2v) is 7.56. The minimum atomic E-state index is 0.416. The molecule has 2 atom stereocenters. The SMILES string of the molecule is CCNC(CC(C)CC(C)(C)C)c1ccc(C)c(C)c1. The van der Waals surface area contributed by atoms with E-state index in [-0.39, 0.29) is 0 Å². The number of hydrogen-bond donors (Lipinski definition) is 1. The lowest BCUT2D eigenvalue weighted by atomic mass is 9.82. The van der Waals surface area contributed by atoms with Gasteiger partial charge >= 0.3 is 0 Å². The number of benzene rings is 1. The fourth-order valence-corrected chi connectivity index (χ4v) is 3.10. The van der Waals surface area contributed by atoms with Gasteiger partial charge in [-0.1, -0.05) is 52.8 Å². The van der Waals surface area contributed by atoms with Gasteiger partial charge in [0.2, 0.25) is 0 Å². The van der Waals surface area contributed by atoms with Gasteiger partial charge in [-0.05, 0) is 61.3 Å². The standard InChI is InChI=1S/C19H33N/c1-8-20-18(11-14(2)13-19(5,6)7)17-10-9-15(3)16(4)12-17/h9-10,12,14,18,20H,8,11,13H2,1-7H3. The van der Waals surface area contributed by atoms with Gasteiger partial charge in [-0.3, -0.25) is 0 Å². The third-order valence-corrected chi connectivity index (χ3v) is 3.98. The molecule has 1 N–H and O–H groups in total. The Balaban J connectivity index is 2.80. The number of hydrogen-bond acceptors (Lipinski definition) is 1. The molecule has 1 aromatic rings. The van der Waals surface area contributed by atoms with E-state index in [0.717, 1.165) is 12.5 Å². The fraction of sp³-hybridized carbons (Fsp3) is 0.684. The Hall–Kier alpha value is -0.820. The van der Waals surface area contributed by atoms with Crippen molar-refractivity contribution in [3.8, 4) is 0 Å². The average molecular weight is 275 g/mol. The van der Waals surface area contributed by atoms with Crippen LogP contribution in [0.3, 0.4) is 0 Å². The maximum absolute atomic E-state index is 3.66. The van der Waals surface area contributed by atoms with E-state index in [1.807, 2.05) is 0 Å². The highest BCUT2D eigenvalue weighted by Gasteiger charge is 2.20. The molecule has 0 saturated carbocycles. The van der Waals surface area contributed by atoms with Crippen molar-refractivity contribution in [1.82, 2.24) is 5.32 Å². The molecule has 0 radical (unpaired) electrons. The van der Waals surface area contributed by atoms with Gasteiger partial charge in [0.1, 0.15) is 0 Å². The quantitative estimate of drug-likeness (QED) is 0.731. The van der Waals surface area contributed by atoms with Gasteiger partial charge in [-0.15, -0.1) is 0 Å². The van der Waals surface area contributed by atoms with Gasteiger partial charge in [-0.25, -0.2) is 0 Å². The summed E-state index contributed by atoms with van der Waals surface area (Å²) in [5.74, 6) is 0.737. The molecule has 1 heteroatoms. The van der Waals surface area contributed by atoms with Crippen molar-refractivity contribution in [3.05, 3.63) is 34.9 Å². The molecular weight excluding hydrogens is 242 g/mol. The monoisotopic (exact) mass is 275 g/mol. The maximum Gasteiger partial charge on any atom is 0.0322 e. The molecule has 0 aliphatic carbocycles. The molecule has 1 nitrogen and oxygen atoms in total. The highest BCUT2D eigenvalue weighted by molar-refractivity contribution is 5.31. The van der Waals surface area contributed by atoms with Crippen LogP contribution in [-0.4, -0.2) is 6.54 Å². The predicted octanol–water partition coefficient (Wildman–Crippen LogP) is 5.42. The Morgan fingerprint density at radius 2 is 1.75 bits per heavy atom. The smallest absolute Gasteiger partial charge is 0.0322 e. The van der Waals surface area contributed by atoms with E-state index in [1.54, 1.807) is 0 Å². The molecule has 0 saturated heterocycles. The van der Waals surface area contributed by atoms with E-state index < -0.39 is 0 Å². The van der Waals surface area contributed by atoms with Crippen molar-refractivity contribution in [3.63, 3.8) is 0 Å². The molecule has 114 valence electrons. The molecule has 2 unspecified atom stereocenters. The maximum atomic E-state index is 3.66. The Bertz CT molecular complexity index is 414. The van der Waals surface area contributed by atoms with Crippen molar-refractivity contribution in [1.29, 1.82) is 0 Å². The van der Waals surface area contributed by atoms with Crippen LogP contribution in [0.15, 0.2) is 18.2 Å². The predicted molar refractivity (Wildman–Crippen MR) is 90.2 cm³/mol. The van der Waals surface area contributed by atoms with Gasteiger partial charge in [0.25, 0.3) is 0 Å². The summed E-state index contributed by atoms with van der Waals surface area (Å²) < 4.78 is 0. The lowest BCUT2D eigenvalue weighted by Crippen LogP contribution is -2.24. The molecule has 0 bridgehead atoms. The molecule has 20 heavy (non-hydrogen) atoms. The first kappa shape index (κ1) is 17.2. The molecule has 0 aliphatic heterocycles. The van der Waals surface area contributed by atoms with Gasteiger partial charge in [0.15, 0.2) is 0 Å². The first-order valence-electron chi connectivity index (χ1n) is 8.03. The average Bonchev–Trinajstić information content (AvgIpc) is 2.30. The van der Waals surface area contributed by atoms with Gasteiger partial charge in [0, 0.05) is 6.04 Å². The first-order chi connectivity index (χ1) is 9.23. The van der Waals surface area contributed by atoms with E-state index in [0.29, 0.717) is 11.5 Å². The van der Waals surface area contributed by atoms with Crippen LogP contribution in [0.2, 0.25) is 0 Å². The summed E-state index contributed by atoms with van der Waals surface area (Å²) in [7, 11) is 0. The van der Waals surface area contributed by atoms with Crippen LogP contribution in [0.1, 0.15) is 70.2 Å². The van der Waals surface area contributed by atoms with Gasteiger partial charge in [-0.2, -0.15) is 0 Å². The van der Waals surface area contributed by atoms with Crippen molar-refractivity contribution in [2.45, 2.75) is 67.3 Å². The topological polar surface area (TPSA) is 12.0 Å². The third kappa shape index (κ3) is 5.66. The lowest BCUT2D eigenvalue weighted by Gasteiger charge is -2.27. The summed E-state index contributed by atoms with van der Waals surface area (Å²) in [5.41, 5.74) is 4.63. The second kappa shape index (κ2) is 7.26. The zero-order chi connectivity index (χ0) is 15.3. The number of nitrogens with one attached hydrogen (secondary N) is 1. The third-order valence-electron chi connectivity index (χ3n) is 3.98. The summed E-state index contributed by atoms with van der Waals surface area (Å²) in [5, 5.41) is 3.66. The van der Waals surface area contributed by atoms with Crippen LogP contribution in [0.5, 0.6) is 0 Å². The molecule has 0 aliphatic rings. The van der Waals surface area contributed by atoms with Crippen LogP contribution in [0, 0.1) is 25.2 Å². The molecule has 0 heterocycles. The van der Waals surface area contributed by atoms with Crippen LogP contribution < -0.4 is 5.32 Å². The number of rotatable bonds is 6. The van der Waals surface area contributed by atoms with E-state index in [4.69, 9.17) is 0 Å². The first-order valence-corrected chi connectivity index (χ1v) is 8.03. The summed E-state index contributed by atoms with van der Waals surface area (Å²) >= 11 is 0. The van der Waals surface area contributed by atoms with E-state index in [1.165, 1.54) is 29.5 Å². The van der Waals surface area contributed by atoms with Crippen molar-refractivity contribution in [2.75, 3.05) is 6.54 Å². The minimum absolute atomic E-state index is 0.416. The van der Waals surface area contributed by atoms with Crippen LogP contribution in [0.25, 0.3) is 0 Å². The van der Waals surface area contributed by atoms with Crippen LogP contribution in [-0.2, 0) is 0 Å². The zero-order valence-corrected chi connectivity index (χ0v) is 14.5. The lowest BCUT2D eigenvalue weighted by molar-refractivity contribution is 0.276. The van der Waals surface area contributed by atoms with Crippen LogP contribution in [0.4, 0.5) is 0 Å². The zero-order valence-electron chi connectivity index (χ0n) is 14.5. The summed E-state index contributed by atoms with van der Waals surface area (Å²) in [6.45, 7) is 17.0. The minimum Gasteiger partial charge on any atom is -0.310 e. The van der Waals surface area contributed by atoms with Gasteiger partial charge < -0.3 is 5.32 Å². The second-order valence-electron chi connectivity index (χ2n) is 7.56. The van der Waals surface area contributed by atoms with Gasteiger partial charge in [0.05, 0.1) is 0 Å². The molecule has 1 rings (SSSR count). The van der Waals surface area contributed by atoms with Crippen molar-refractivity contribution >= 4 is 0 Å². The fourth-order valence-electron chi connectivity index (χ4n) is 3.10. The summed E-state index contributed by atoms with van der Waals surface area (Å²) in [6.07, 6.45) is 2.49. The molecule has 0 fully saturated rings. The highest BCUT2D eigenvalue weighted by atomic mass is 14.9. The molecular formula is C19H33N. The normalized spacial score (nSPS) is 15.2. The largest absolute Gasteiger partial charge is 0.310 e. The Kier molecular flexibility index (Phi) is 6.26. The highest BCUT2D eigenvalue weighted by Crippen LogP contribution is 2.31. The summed E-state index contributed by atoms with van der Waals surface area (Å²) in [4.78, 5) is 0. The summed E-state index contributed by atoms with van der Waals surface area (Å²) in [6, 6.07) is 7.38. The molecule has 0 amide bonds. The van der Waals surface area contributed by atoms with E-state index in [9.17, 15) is 0 Å². The Morgan fingerprint density at radius 3 is 2.25 bits per heavy atom.